The molecule has 1 fully saturated rings. The number of carbonyl (C=O) groups is 2. The van der Waals surface area contributed by atoms with Crippen molar-refractivity contribution in [3.8, 4) is 0 Å². The number of hydrazone groups is 1. The number of nitro groups is 1. The summed E-state index contributed by atoms with van der Waals surface area (Å²) in [5.41, 5.74) is 3.31. The van der Waals surface area contributed by atoms with Gasteiger partial charge in [-0.3, -0.25) is 19.7 Å². The molecule has 1 atom stereocenters. The average molecular weight is 401 g/mol. The van der Waals surface area contributed by atoms with E-state index in [4.69, 9.17) is 11.6 Å². The molecule has 1 aliphatic heterocycles. The van der Waals surface area contributed by atoms with E-state index in [-0.39, 0.29) is 11.6 Å². The van der Waals surface area contributed by atoms with Gasteiger partial charge in [0.2, 0.25) is 0 Å². The largest absolute Gasteiger partial charge is 0.327 e. The first-order valence-electron chi connectivity index (χ1n) is 8.60. The molecule has 3 rings (SSSR count). The highest BCUT2D eigenvalue weighted by Crippen LogP contribution is 2.22. The van der Waals surface area contributed by atoms with Crippen molar-refractivity contribution in [2.45, 2.75) is 18.9 Å². The molecule has 2 aromatic rings. The van der Waals surface area contributed by atoms with Gasteiger partial charge in [-0.05, 0) is 31.0 Å². The molecule has 0 bridgehead atoms. The number of benzene rings is 2. The Balaban J connectivity index is 1.66. The van der Waals surface area contributed by atoms with Gasteiger partial charge in [0.25, 0.3) is 17.5 Å². The molecule has 1 saturated heterocycles. The Hall–Kier alpha value is -3.26. The second kappa shape index (κ2) is 8.62. The fourth-order valence-corrected chi connectivity index (χ4v) is 3.18. The number of carbonyl (C=O) groups excluding carboxylic acids is 2. The molecule has 2 amide bonds. The summed E-state index contributed by atoms with van der Waals surface area (Å²) in [6, 6.07) is 11.7. The van der Waals surface area contributed by atoms with Crippen LogP contribution in [0.3, 0.4) is 0 Å². The number of nitrogens with zero attached hydrogens (tertiary/aromatic N) is 3. The summed E-state index contributed by atoms with van der Waals surface area (Å²) in [6.45, 7) is 0.433. The zero-order chi connectivity index (χ0) is 20.1. The molecule has 2 aromatic carbocycles. The van der Waals surface area contributed by atoms with Gasteiger partial charge in [-0.25, -0.2) is 5.43 Å². The first-order valence-corrected chi connectivity index (χ1v) is 8.98. The third-order valence-electron chi connectivity index (χ3n) is 4.42. The summed E-state index contributed by atoms with van der Waals surface area (Å²) in [6.07, 6.45) is 2.65. The highest BCUT2D eigenvalue weighted by molar-refractivity contribution is 6.33. The summed E-state index contributed by atoms with van der Waals surface area (Å²) < 4.78 is 0. The molecule has 0 radical (unpaired) electrons. The zero-order valence-electron chi connectivity index (χ0n) is 14.7. The number of hydrogen-bond donors (Lipinski definition) is 1. The van der Waals surface area contributed by atoms with Crippen LogP contribution in [-0.4, -0.2) is 40.4 Å². The van der Waals surface area contributed by atoms with Crippen LogP contribution in [0.2, 0.25) is 5.02 Å². The lowest BCUT2D eigenvalue weighted by molar-refractivity contribution is -0.384. The van der Waals surface area contributed by atoms with Crippen LogP contribution in [-0.2, 0) is 4.79 Å². The van der Waals surface area contributed by atoms with Crippen LogP contribution >= 0.6 is 11.6 Å². The fraction of sp³-hybridized carbons (Fsp3) is 0.211. The lowest BCUT2D eigenvalue weighted by Crippen LogP contribution is -2.44. The van der Waals surface area contributed by atoms with E-state index < -0.39 is 16.9 Å². The number of likely N-dealkylation sites (tertiary alicyclic amines) is 1. The molecule has 0 aliphatic carbocycles. The van der Waals surface area contributed by atoms with Crippen LogP contribution in [0.1, 0.15) is 28.8 Å². The maximum Gasteiger partial charge on any atom is 0.269 e. The molecule has 0 aromatic heterocycles. The third-order valence-corrected chi connectivity index (χ3v) is 4.77. The van der Waals surface area contributed by atoms with Gasteiger partial charge >= 0.3 is 0 Å². The zero-order valence-corrected chi connectivity index (χ0v) is 15.5. The van der Waals surface area contributed by atoms with Crippen molar-refractivity contribution in [3.05, 3.63) is 74.8 Å². The predicted octanol–water partition coefficient (Wildman–Crippen LogP) is 3.00. The third kappa shape index (κ3) is 4.34. The molecule has 0 spiro atoms. The summed E-state index contributed by atoms with van der Waals surface area (Å²) in [7, 11) is 0. The maximum atomic E-state index is 12.7. The summed E-state index contributed by atoms with van der Waals surface area (Å²) >= 11 is 6.03. The normalized spacial score (nSPS) is 16.3. The van der Waals surface area contributed by atoms with Gasteiger partial charge in [0, 0.05) is 34.8 Å². The van der Waals surface area contributed by atoms with Gasteiger partial charge < -0.3 is 4.90 Å². The van der Waals surface area contributed by atoms with E-state index in [0.717, 1.165) is 0 Å². The summed E-state index contributed by atoms with van der Waals surface area (Å²) in [5, 5.41) is 15.2. The molecule has 0 saturated carbocycles. The van der Waals surface area contributed by atoms with E-state index in [2.05, 4.69) is 10.5 Å². The van der Waals surface area contributed by atoms with E-state index in [9.17, 15) is 19.7 Å². The minimum absolute atomic E-state index is 0.0961. The fourth-order valence-electron chi connectivity index (χ4n) is 2.99. The molecular formula is C19H17ClN4O4. The Morgan fingerprint density at radius 3 is 2.61 bits per heavy atom. The quantitative estimate of drug-likeness (QED) is 0.473. The minimum atomic E-state index is -0.647. The SMILES string of the molecule is O=C(NN=Cc1ccccc1Cl)[C@@H]1CCCN1C(=O)c1ccc([N+](=O)[O-])cc1. The Morgan fingerprint density at radius 1 is 1.21 bits per heavy atom. The topological polar surface area (TPSA) is 105 Å². The van der Waals surface area contributed by atoms with E-state index in [1.807, 2.05) is 0 Å². The van der Waals surface area contributed by atoms with Gasteiger partial charge in [-0.15, -0.1) is 0 Å². The summed E-state index contributed by atoms with van der Waals surface area (Å²) in [5.74, 6) is -0.737. The Kier molecular flexibility index (Phi) is 6.00. The van der Waals surface area contributed by atoms with Gasteiger partial charge in [0.05, 0.1) is 11.1 Å². The number of non-ortho nitro benzene ring substituents is 1. The Labute approximate surface area is 165 Å². The Morgan fingerprint density at radius 2 is 1.93 bits per heavy atom. The van der Waals surface area contributed by atoms with Crippen LogP contribution < -0.4 is 5.43 Å². The molecule has 0 unspecified atom stereocenters. The van der Waals surface area contributed by atoms with Gasteiger partial charge in [-0.2, -0.15) is 5.10 Å². The predicted molar refractivity (Wildman–Crippen MR) is 104 cm³/mol. The first-order chi connectivity index (χ1) is 13.5. The number of nitro benzene ring substituents is 1. The number of halogens is 1. The van der Waals surface area contributed by atoms with Crippen molar-refractivity contribution < 1.29 is 14.5 Å². The molecule has 8 nitrogen and oxygen atoms in total. The molecular weight excluding hydrogens is 384 g/mol. The first kappa shape index (κ1) is 19.5. The highest BCUT2D eigenvalue weighted by atomic mass is 35.5. The van der Waals surface area contributed by atoms with Crippen LogP contribution in [0.5, 0.6) is 0 Å². The van der Waals surface area contributed by atoms with Crippen molar-refractivity contribution in [1.82, 2.24) is 10.3 Å². The van der Waals surface area contributed by atoms with E-state index >= 15 is 0 Å². The number of hydrogen-bond acceptors (Lipinski definition) is 5. The van der Waals surface area contributed by atoms with Crippen molar-refractivity contribution >= 4 is 35.3 Å². The number of rotatable bonds is 5. The minimum Gasteiger partial charge on any atom is -0.327 e. The lowest BCUT2D eigenvalue weighted by Gasteiger charge is -2.23. The number of nitrogens with one attached hydrogen (secondary N) is 1. The average Bonchev–Trinajstić information content (AvgIpc) is 3.19. The molecule has 1 N–H and O–H groups in total. The smallest absolute Gasteiger partial charge is 0.269 e. The van der Waals surface area contributed by atoms with Gasteiger partial charge in [0.1, 0.15) is 6.04 Å². The van der Waals surface area contributed by atoms with Crippen LogP contribution in [0, 0.1) is 10.1 Å². The van der Waals surface area contributed by atoms with Gasteiger partial charge in [0.15, 0.2) is 0 Å². The molecule has 1 aliphatic rings. The van der Waals surface area contributed by atoms with Crippen molar-refractivity contribution in [1.29, 1.82) is 0 Å². The molecule has 144 valence electrons. The second-order valence-corrected chi connectivity index (χ2v) is 6.62. The van der Waals surface area contributed by atoms with Crippen LogP contribution in [0.25, 0.3) is 0 Å². The van der Waals surface area contributed by atoms with Gasteiger partial charge in [-0.1, -0.05) is 29.8 Å². The Bertz CT molecular complexity index is 930. The molecule has 28 heavy (non-hydrogen) atoms. The second-order valence-electron chi connectivity index (χ2n) is 6.22. The van der Waals surface area contributed by atoms with E-state index in [1.165, 1.54) is 35.4 Å². The van der Waals surface area contributed by atoms with Crippen molar-refractivity contribution in [2.75, 3.05) is 6.54 Å². The monoisotopic (exact) mass is 400 g/mol. The van der Waals surface area contributed by atoms with Crippen molar-refractivity contribution in [3.63, 3.8) is 0 Å². The lowest BCUT2D eigenvalue weighted by atomic mass is 10.1. The number of amides is 2. The van der Waals surface area contributed by atoms with Crippen LogP contribution in [0.15, 0.2) is 53.6 Å². The standard InChI is InChI=1S/C19H17ClN4O4/c20-16-5-2-1-4-14(16)12-21-22-18(25)17-6-3-11-23(17)19(26)13-7-9-15(10-8-13)24(27)28/h1-2,4-5,7-10,12,17H,3,6,11H2,(H,22,25)/t17-/m0/s1. The molecule has 9 heteroatoms. The van der Waals surface area contributed by atoms with E-state index in [1.54, 1.807) is 24.3 Å². The summed E-state index contributed by atoms with van der Waals surface area (Å²) in [4.78, 5) is 36.8. The maximum absolute atomic E-state index is 12.7. The van der Waals surface area contributed by atoms with Crippen LogP contribution in [0.4, 0.5) is 5.69 Å². The van der Waals surface area contributed by atoms with E-state index in [0.29, 0.717) is 35.5 Å². The van der Waals surface area contributed by atoms with Crippen molar-refractivity contribution in [2.24, 2.45) is 5.10 Å². The molecule has 1 heterocycles. The highest BCUT2D eigenvalue weighted by Gasteiger charge is 2.34.